The average molecular weight is 334 g/mol. The lowest BCUT2D eigenvalue weighted by atomic mass is 9.97. The summed E-state index contributed by atoms with van der Waals surface area (Å²) in [6.45, 7) is 10.6. The third-order valence-corrected chi connectivity index (χ3v) is 3.94. The molecule has 2 unspecified atom stereocenters. The van der Waals surface area contributed by atoms with Crippen molar-refractivity contribution in [1.82, 2.24) is 0 Å². The average Bonchev–Trinajstić information content (AvgIpc) is 2.57. The monoisotopic (exact) mass is 334 g/mol. The minimum Gasteiger partial charge on any atom is -0.462 e. The van der Waals surface area contributed by atoms with E-state index >= 15 is 0 Å². The van der Waals surface area contributed by atoms with Crippen molar-refractivity contribution in [2.45, 2.75) is 60.0 Å². The maximum absolute atomic E-state index is 12.3. The highest BCUT2D eigenvalue weighted by Crippen LogP contribution is 2.19. The largest absolute Gasteiger partial charge is 0.462 e. The van der Waals surface area contributed by atoms with Crippen LogP contribution in [0.5, 0.6) is 0 Å². The fraction of sp³-hybridized carbons (Fsp3) is 0.600. The van der Waals surface area contributed by atoms with Crippen LogP contribution >= 0.6 is 0 Å². The van der Waals surface area contributed by atoms with Crippen LogP contribution in [0, 0.1) is 11.8 Å². The van der Waals surface area contributed by atoms with Crippen molar-refractivity contribution in [2.75, 3.05) is 6.61 Å². The molecule has 0 saturated heterocycles. The van der Waals surface area contributed by atoms with E-state index in [0.717, 1.165) is 19.3 Å². The lowest BCUT2D eigenvalue weighted by Crippen LogP contribution is -2.24. The Balaban J connectivity index is 2.67. The van der Waals surface area contributed by atoms with Crippen molar-refractivity contribution < 1.29 is 19.1 Å². The molecule has 0 saturated carbocycles. The van der Waals surface area contributed by atoms with Gasteiger partial charge in [0.1, 0.15) is 6.10 Å². The van der Waals surface area contributed by atoms with Crippen molar-refractivity contribution in [3.63, 3.8) is 0 Å². The van der Waals surface area contributed by atoms with Crippen molar-refractivity contribution in [3.8, 4) is 0 Å². The van der Waals surface area contributed by atoms with Gasteiger partial charge in [0.2, 0.25) is 0 Å². The first-order chi connectivity index (χ1) is 11.4. The number of ether oxygens (including phenoxy) is 2. The Labute approximate surface area is 145 Å². The first kappa shape index (κ1) is 20.2. The predicted molar refractivity (Wildman–Crippen MR) is 95.1 cm³/mol. The van der Waals surface area contributed by atoms with Crippen molar-refractivity contribution in [3.05, 3.63) is 35.4 Å². The second kappa shape index (κ2) is 10.1. The van der Waals surface area contributed by atoms with Crippen LogP contribution in [-0.4, -0.2) is 24.6 Å². The SMILES string of the molecule is CCCC(C)C(CC)OC(=O)c1ccc(C(=O)OCC(C)C)cc1. The molecule has 1 aromatic rings. The van der Waals surface area contributed by atoms with Crippen LogP contribution in [0.3, 0.4) is 0 Å². The van der Waals surface area contributed by atoms with E-state index in [1.54, 1.807) is 24.3 Å². The summed E-state index contributed by atoms with van der Waals surface area (Å²) in [6, 6.07) is 6.45. The number of esters is 2. The second-order valence-corrected chi connectivity index (χ2v) is 6.69. The van der Waals surface area contributed by atoms with Crippen LogP contribution in [0.1, 0.15) is 74.6 Å². The molecule has 0 bridgehead atoms. The Morgan fingerprint density at radius 3 is 1.96 bits per heavy atom. The molecular weight excluding hydrogens is 304 g/mol. The molecule has 0 aromatic heterocycles. The lowest BCUT2D eigenvalue weighted by molar-refractivity contribution is 0.0137. The maximum Gasteiger partial charge on any atom is 0.338 e. The number of carbonyl (C=O) groups is 2. The van der Waals surface area contributed by atoms with E-state index in [9.17, 15) is 9.59 Å². The smallest absolute Gasteiger partial charge is 0.338 e. The van der Waals surface area contributed by atoms with Crippen LogP contribution in [-0.2, 0) is 9.47 Å². The molecule has 24 heavy (non-hydrogen) atoms. The Hall–Kier alpha value is -1.84. The Kier molecular flexibility index (Phi) is 8.51. The maximum atomic E-state index is 12.3. The Morgan fingerprint density at radius 2 is 1.50 bits per heavy atom. The highest BCUT2D eigenvalue weighted by molar-refractivity contribution is 5.93. The number of hydrogen-bond donors (Lipinski definition) is 0. The quantitative estimate of drug-likeness (QED) is 0.605. The summed E-state index contributed by atoms with van der Waals surface area (Å²) in [7, 11) is 0. The van der Waals surface area contributed by atoms with Gasteiger partial charge in [-0.15, -0.1) is 0 Å². The number of benzene rings is 1. The van der Waals surface area contributed by atoms with Gasteiger partial charge in [-0.1, -0.05) is 41.0 Å². The molecule has 1 rings (SSSR count). The third kappa shape index (κ3) is 6.34. The molecule has 1 aromatic carbocycles. The van der Waals surface area contributed by atoms with E-state index in [-0.39, 0.29) is 18.0 Å². The van der Waals surface area contributed by atoms with Gasteiger partial charge in [0.15, 0.2) is 0 Å². The van der Waals surface area contributed by atoms with Crippen LogP contribution in [0.25, 0.3) is 0 Å². The van der Waals surface area contributed by atoms with Crippen LogP contribution in [0.2, 0.25) is 0 Å². The fourth-order valence-electron chi connectivity index (χ4n) is 2.52. The molecule has 0 radical (unpaired) electrons. The molecule has 0 aliphatic rings. The molecule has 0 aliphatic carbocycles. The van der Waals surface area contributed by atoms with E-state index in [1.807, 2.05) is 20.8 Å². The normalized spacial score (nSPS) is 13.4. The standard InChI is InChI=1S/C20H30O4/c1-6-8-15(5)18(7-2)24-20(22)17-11-9-16(10-12-17)19(21)23-13-14(3)4/h9-12,14-15,18H,6-8,13H2,1-5H3. The predicted octanol–water partition coefficient (Wildman–Crippen LogP) is 4.87. The van der Waals surface area contributed by atoms with Gasteiger partial charge >= 0.3 is 11.9 Å². The first-order valence-electron chi connectivity index (χ1n) is 8.87. The zero-order chi connectivity index (χ0) is 18.1. The Bertz CT molecular complexity index is 519. The van der Waals surface area contributed by atoms with Crippen molar-refractivity contribution in [2.24, 2.45) is 11.8 Å². The van der Waals surface area contributed by atoms with Gasteiger partial charge in [0.25, 0.3) is 0 Å². The summed E-state index contributed by atoms with van der Waals surface area (Å²) in [5.74, 6) is -0.0768. The lowest BCUT2D eigenvalue weighted by Gasteiger charge is -2.22. The molecule has 134 valence electrons. The molecule has 0 aliphatic heterocycles. The van der Waals surface area contributed by atoms with Crippen molar-refractivity contribution >= 4 is 11.9 Å². The molecule has 0 N–H and O–H groups in total. The molecule has 0 spiro atoms. The highest BCUT2D eigenvalue weighted by atomic mass is 16.5. The summed E-state index contributed by atoms with van der Waals surface area (Å²) < 4.78 is 10.8. The number of carbonyl (C=O) groups excluding carboxylic acids is 2. The summed E-state index contributed by atoms with van der Waals surface area (Å²) in [5.41, 5.74) is 0.899. The van der Waals surface area contributed by atoms with E-state index < -0.39 is 0 Å². The molecule has 2 atom stereocenters. The summed E-state index contributed by atoms with van der Waals surface area (Å²) in [6.07, 6.45) is 2.83. The van der Waals surface area contributed by atoms with Gasteiger partial charge in [-0.3, -0.25) is 0 Å². The van der Waals surface area contributed by atoms with Crippen LogP contribution < -0.4 is 0 Å². The van der Waals surface area contributed by atoms with Gasteiger partial charge in [-0.25, -0.2) is 9.59 Å². The molecular formula is C20H30O4. The van der Waals surface area contributed by atoms with Crippen molar-refractivity contribution in [1.29, 1.82) is 0 Å². The minimum atomic E-state index is -0.369. The fourth-order valence-corrected chi connectivity index (χ4v) is 2.52. The minimum absolute atomic E-state index is 0.0758. The number of rotatable bonds is 9. The highest BCUT2D eigenvalue weighted by Gasteiger charge is 2.20. The van der Waals surface area contributed by atoms with E-state index in [4.69, 9.17) is 9.47 Å². The molecule has 0 amide bonds. The van der Waals surface area contributed by atoms with E-state index in [0.29, 0.717) is 29.6 Å². The van der Waals surface area contributed by atoms with E-state index in [1.165, 1.54) is 0 Å². The zero-order valence-electron chi connectivity index (χ0n) is 15.5. The topological polar surface area (TPSA) is 52.6 Å². The van der Waals surface area contributed by atoms with Gasteiger partial charge in [-0.05, 0) is 48.9 Å². The molecule has 0 fully saturated rings. The van der Waals surface area contributed by atoms with E-state index in [2.05, 4.69) is 13.8 Å². The molecule has 0 heterocycles. The second-order valence-electron chi connectivity index (χ2n) is 6.69. The summed E-state index contributed by atoms with van der Waals surface area (Å²) in [5, 5.41) is 0. The third-order valence-electron chi connectivity index (χ3n) is 3.94. The van der Waals surface area contributed by atoms with Crippen LogP contribution in [0.4, 0.5) is 0 Å². The zero-order valence-corrected chi connectivity index (χ0v) is 15.5. The summed E-state index contributed by atoms with van der Waals surface area (Å²) in [4.78, 5) is 24.2. The van der Waals surface area contributed by atoms with Gasteiger partial charge < -0.3 is 9.47 Å². The first-order valence-corrected chi connectivity index (χ1v) is 8.87. The van der Waals surface area contributed by atoms with Crippen LogP contribution in [0.15, 0.2) is 24.3 Å². The number of hydrogen-bond acceptors (Lipinski definition) is 4. The van der Waals surface area contributed by atoms with Gasteiger partial charge in [0, 0.05) is 0 Å². The van der Waals surface area contributed by atoms with Gasteiger partial charge in [0.05, 0.1) is 17.7 Å². The summed E-state index contributed by atoms with van der Waals surface area (Å²) >= 11 is 0. The Morgan fingerprint density at radius 1 is 0.958 bits per heavy atom. The molecule has 4 nitrogen and oxygen atoms in total. The molecule has 4 heteroatoms. The van der Waals surface area contributed by atoms with Gasteiger partial charge in [-0.2, -0.15) is 0 Å².